The first kappa shape index (κ1) is 27.0. The number of alkyl carbamates (subject to hydrolysis) is 1. The van der Waals surface area contributed by atoms with Crippen LogP contribution < -0.4 is 5.32 Å². The zero-order valence-electron chi connectivity index (χ0n) is 21.1. The van der Waals surface area contributed by atoms with E-state index in [-0.39, 0.29) is 15.9 Å². The Bertz CT molecular complexity index is 1040. The number of carbonyl (C=O) groups excluding carboxylic acids is 2. The summed E-state index contributed by atoms with van der Waals surface area (Å²) in [5.74, 6) is 2.67. The van der Waals surface area contributed by atoms with Crippen molar-refractivity contribution >= 4 is 41.8 Å². The molecule has 178 valence electrons. The lowest BCUT2D eigenvalue weighted by Gasteiger charge is -2.25. The van der Waals surface area contributed by atoms with Gasteiger partial charge in [0.1, 0.15) is 8.07 Å². The average Bonchev–Trinajstić information content (AvgIpc) is 2.70. The van der Waals surface area contributed by atoms with E-state index in [4.69, 9.17) is 4.74 Å². The quantitative estimate of drug-likeness (QED) is 0.356. The van der Waals surface area contributed by atoms with E-state index in [1.54, 1.807) is 0 Å². The summed E-state index contributed by atoms with van der Waals surface area (Å²) in [5.41, 5.74) is 4.31. The molecule has 1 amide bonds. The maximum atomic E-state index is 13.0. The molecule has 6 heteroatoms. The predicted molar refractivity (Wildman–Crippen MR) is 143 cm³/mol. The Morgan fingerprint density at radius 3 is 2.33 bits per heavy atom. The molecule has 3 atom stereocenters. The molecule has 0 unspecified atom stereocenters. The molecule has 0 saturated heterocycles. The van der Waals surface area contributed by atoms with Gasteiger partial charge in [-0.05, 0) is 29.7 Å². The molecule has 0 saturated carbocycles. The van der Waals surface area contributed by atoms with Crippen molar-refractivity contribution in [2.45, 2.75) is 77.6 Å². The van der Waals surface area contributed by atoms with Crippen LogP contribution in [0.25, 0.3) is 10.8 Å². The number of hydrogen-bond acceptors (Lipinski definition) is 4. The van der Waals surface area contributed by atoms with Crippen LogP contribution in [-0.2, 0) is 9.53 Å². The molecule has 0 aliphatic carbocycles. The van der Waals surface area contributed by atoms with Crippen molar-refractivity contribution in [1.82, 2.24) is 5.32 Å². The monoisotopic (exact) mass is 483 g/mol. The van der Waals surface area contributed by atoms with E-state index in [2.05, 4.69) is 48.6 Å². The zero-order chi connectivity index (χ0) is 24.8. The number of carbonyl (C=O) groups is 2. The Morgan fingerprint density at radius 2 is 1.73 bits per heavy atom. The number of thioether (sulfide) groups is 1. The van der Waals surface area contributed by atoms with E-state index in [1.807, 2.05) is 65.0 Å². The summed E-state index contributed by atoms with van der Waals surface area (Å²) in [5, 5.41) is 5.16. The Kier molecular flexibility index (Phi) is 9.22. The first-order chi connectivity index (χ1) is 15.3. The van der Waals surface area contributed by atoms with E-state index in [0.717, 1.165) is 16.3 Å². The molecule has 0 spiro atoms. The van der Waals surface area contributed by atoms with Crippen molar-refractivity contribution in [2.75, 3.05) is 0 Å². The van der Waals surface area contributed by atoms with Crippen LogP contribution in [0.2, 0.25) is 19.6 Å². The second kappa shape index (κ2) is 11.3. The summed E-state index contributed by atoms with van der Waals surface area (Å²) in [6.45, 7) is 16.3. The number of fused-ring (bicyclic) bond motifs is 1. The minimum Gasteiger partial charge on any atom is -0.432 e. The smallest absolute Gasteiger partial charge is 0.408 e. The van der Waals surface area contributed by atoms with Crippen LogP contribution in [0.3, 0.4) is 0 Å². The lowest BCUT2D eigenvalue weighted by Crippen LogP contribution is -2.37. The number of amides is 1. The number of benzene rings is 2. The van der Waals surface area contributed by atoms with Crippen LogP contribution in [0.5, 0.6) is 0 Å². The van der Waals surface area contributed by atoms with Crippen molar-refractivity contribution in [1.29, 1.82) is 0 Å². The minimum atomic E-state index is -1.72. The van der Waals surface area contributed by atoms with E-state index in [1.165, 1.54) is 11.8 Å². The Balaban J connectivity index is 2.24. The van der Waals surface area contributed by atoms with Gasteiger partial charge in [0.15, 0.2) is 11.2 Å². The first-order valence-corrected chi connectivity index (χ1v) is 15.8. The maximum Gasteiger partial charge on any atom is 0.408 e. The van der Waals surface area contributed by atoms with Gasteiger partial charge in [-0.1, -0.05) is 107 Å². The average molecular weight is 484 g/mol. The van der Waals surface area contributed by atoms with Gasteiger partial charge in [-0.25, -0.2) is 4.79 Å². The topological polar surface area (TPSA) is 55.4 Å². The van der Waals surface area contributed by atoms with Crippen LogP contribution in [0, 0.1) is 17.4 Å². The highest BCUT2D eigenvalue weighted by molar-refractivity contribution is 8.14. The third kappa shape index (κ3) is 8.56. The third-order valence-electron chi connectivity index (χ3n) is 4.96. The Labute approximate surface area is 204 Å². The molecule has 1 N–H and O–H groups in total. The second-order valence-corrected chi connectivity index (χ2v) is 16.9. The van der Waals surface area contributed by atoms with Crippen LogP contribution in [0.4, 0.5) is 4.79 Å². The Hall–Kier alpha value is -2.23. The molecule has 0 heterocycles. The molecule has 4 nitrogen and oxygen atoms in total. The summed E-state index contributed by atoms with van der Waals surface area (Å²) < 4.78 is 5.59. The molecule has 2 aromatic rings. The normalized spacial score (nSPS) is 14.5. The second-order valence-electron chi connectivity index (χ2n) is 10.3. The number of rotatable bonds is 6. The fourth-order valence-electron chi connectivity index (χ4n) is 3.41. The van der Waals surface area contributed by atoms with E-state index in [9.17, 15) is 9.59 Å². The third-order valence-corrected chi connectivity index (χ3v) is 6.97. The highest BCUT2D eigenvalue weighted by Gasteiger charge is 2.32. The minimum absolute atomic E-state index is 0.00905. The maximum absolute atomic E-state index is 13.0. The van der Waals surface area contributed by atoms with Crippen molar-refractivity contribution in [3.63, 3.8) is 0 Å². The van der Waals surface area contributed by atoms with Gasteiger partial charge >= 0.3 is 6.09 Å². The van der Waals surface area contributed by atoms with Gasteiger partial charge in [0, 0.05) is 4.75 Å². The van der Waals surface area contributed by atoms with Crippen LogP contribution in [-0.4, -0.2) is 30.1 Å². The van der Waals surface area contributed by atoms with E-state index in [0.29, 0.717) is 6.42 Å². The molecule has 33 heavy (non-hydrogen) atoms. The number of hydrogen-bond donors (Lipinski definition) is 1. The molecule has 2 aromatic carbocycles. The molecule has 2 rings (SSSR count). The van der Waals surface area contributed by atoms with Gasteiger partial charge in [0.05, 0.1) is 12.0 Å². The summed E-state index contributed by atoms with van der Waals surface area (Å²) in [6, 6.07) is 13.9. The fourth-order valence-corrected chi connectivity index (χ4v) is 5.03. The van der Waals surface area contributed by atoms with Crippen molar-refractivity contribution in [2.24, 2.45) is 5.92 Å². The number of ether oxygens (including phenoxy) is 1. The van der Waals surface area contributed by atoms with Crippen LogP contribution in [0.15, 0.2) is 42.5 Å². The van der Waals surface area contributed by atoms with Crippen molar-refractivity contribution < 1.29 is 14.3 Å². The summed E-state index contributed by atoms with van der Waals surface area (Å²) in [7, 11) is -1.72. The van der Waals surface area contributed by atoms with E-state index < -0.39 is 26.2 Å². The highest BCUT2D eigenvalue weighted by Crippen LogP contribution is 2.30. The molecule has 0 aliphatic heterocycles. The predicted octanol–water partition coefficient (Wildman–Crippen LogP) is 6.96. The van der Waals surface area contributed by atoms with Crippen LogP contribution in [0.1, 0.15) is 52.6 Å². The van der Waals surface area contributed by atoms with Gasteiger partial charge in [-0.3, -0.25) is 4.79 Å². The van der Waals surface area contributed by atoms with Crippen molar-refractivity contribution in [3.05, 3.63) is 48.0 Å². The standard InChI is InChI=1S/C27H37NO3SSi/c1-9-21(25(29)32-27(3,4)5)24(17-18-33(6,7)8)31-26(30)28-19(2)22-16-12-14-20-13-10-11-15-23(20)22/h10-16,19,21,24H,9H2,1-8H3,(H,28,30)/t19-,21+,24+/m1/s1. The first-order valence-electron chi connectivity index (χ1n) is 11.5. The molecule has 0 radical (unpaired) electrons. The molecule has 0 fully saturated rings. The summed E-state index contributed by atoms with van der Waals surface area (Å²) in [6.07, 6.45) is -0.778. The SMILES string of the molecule is CC[C@H](C(=O)SC(C)(C)C)[C@H](C#C[Si](C)(C)C)OC(=O)N[C@H](C)c1cccc2ccccc12. The van der Waals surface area contributed by atoms with Crippen molar-refractivity contribution in [3.8, 4) is 11.5 Å². The lowest BCUT2D eigenvalue weighted by molar-refractivity contribution is -0.116. The van der Waals surface area contributed by atoms with Gasteiger partial charge in [0.25, 0.3) is 0 Å². The molecule has 0 aliphatic rings. The molecule has 0 bridgehead atoms. The fraction of sp³-hybridized carbons (Fsp3) is 0.481. The molecule has 0 aromatic heterocycles. The zero-order valence-corrected chi connectivity index (χ0v) is 22.9. The van der Waals surface area contributed by atoms with Gasteiger partial charge < -0.3 is 10.1 Å². The van der Waals surface area contributed by atoms with Gasteiger partial charge in [0.2, 0.25) is 0 Å². The molecular weight excluding hydrogens is 446 g/mol. The number of nitrogens with one attached hydrogen (secondary N) is 1. The van der Waals surface area contributed by atoms with Crippen LogP contribution >= 0.6 is 11.8 Å². The largest absolute Gasteiger partial charge is 0.432 e. The Morgan fingerprint density at radius 1 is 1.09 bits per heavy atom. The summed E-state index contributed by atoms with van der Waals surface area (Å²) >= 11 is 1.28. The summed E-state index contributed by atoms with van der Waals surface area (Å²) in [4.78, 5) is 25.9. The molecular formula is C27H37NO3SSi. The highest BCUT2D eigenvalue weighted by atomic mass is 32.2. The lowest BCUT2D eigenvalue weighted by atomic mass is 10.00. The van der Waals surface area contributed by atoms with Gasteiger partial charge in [-0.15, -0.1) is 5.54 Å². The van der Waals surface area contributed by atoms with E-state index >= 15 is 0 Å². The van der Waals surface area contributed by atoms with Gasteiger partial charge in [-0.2, -0.15) is 0 Å².